The van der Waals surface area contributed by atoms with Gasteiger partial charge in [0.2, 0.25) is 0 Å². The molecule has 10 rings (SSSR count). The molecule has 0 saturated heterocycles. The van der Waals surface area contributed by atoms with Gasteiger partial charge in [0, 0.05) is 65.4 Å². The topological polar surface area (TPSA) is 92.7 Å². The zero-order valence-electron chi connectivity index (χ0n) is 32.2. The van der Waals surface area contributed by atoms with E-state index in [1.54, 1.807) is 0 Å². The van der Waals surface area contributed by atoms with Crippen LogP contribution in [-0.2, 0) is 17.3 Å². The molecule has 0 amide bonds. The second kappa shape index (κ2) is 12.9. The molecule has 2 aliphatic heterocycles. The van der Waals surface area contributed by atoms with Crippen LogP contribution in [0.2, 0.25) is 0 Å². The molecule has 8 aromatic rings. The maximum absolute atomic E-state index is 13.7. The van der Waals surface area contributed by atoms with Crippen molar-refractivity contribution in [3.8, 4) is 21.1 Å². The van der Waals surface area contributed by atoms with Crippen LogP contribution in [0.3, 0.4) is 0 Å². The molecule has 0 bridgehead atoms. The van der Waals surface area contributed by atoms with E-state index in [4.69, 9.17) is 18.8 Å². The lowest BCUT2D eigenvalue weighted by molar-refractivity contribution is 0.378. The molecule has 10 heteroatoms. The Balaban J connectivity index is 1.04. The summed E-state index contributed by atoms with van der Waals surface area (Å²) >= 11 is 3.04. The molecule has 56 heavy (non-hydrogen) atoms. The van der Waals surface area contributed by atoms with Gasteiger partial charge in [0.05, 0.1) is 31.6 Å². The van der Waals surface area contributed by atoms with E-state index in [9.17, 15) is 9.59 Å². The van der Waals surface area contributed by atoms with E-state index in [2.05, 4.69) is 74.8 Å². The monoisotopic (exact) mass is 778 g/mol. The predicted molar refractivity (Wildman–Crippen MR) is 231 cm³/mol. The van der Waals surface area contributed by atoms with Crippen LogP contribution in [0.1, 0.15) is 64.2 Å². The zero-order chi connectivity index (χ0) is 38.5. The lowest BCUT2D eigenvalue weighted by Crippen LogP contribution is -2.46. The number of anilines is 2. The van der Waals surface area contributed by atoms with Crippen LogP contribution in [0.25, 0.3) is 63.5 Å². The van der Waals surface area contributed by atoms with Crippen LogP contribution in [0.4, 0.5) is 11.4 Å². The number of hydrogen-bond donors (Lipinski definition) is 0. The molecule has 0 aliphatic carbocycles. The fraction of sp³-hybridized carbons (Fsp3) is 0.304. The van der Waals surface area contributed by atoms with Gasteiger partial charge >= 0.3 is 11.3 Å². The minimum atomic E-state index is -0.376. The molecule has 0 fully saturated rings. The Morgan fingerprint density at radius 3 is 2.21 bits per heavy atom. The minimum Gasteiger partial charge on any atom is -0.422 e. The lowest BCUT2D eigenvalue weighted by Gasteiger charge is -2.49. The highest BCUT2D eigenvalue weighted by Crippen LogP contribution is 2.53. The molecule has 0 saturated carbocycles. The van der Waals surface area contributed by atoms with Gasteiger partial charge in [0.1, 0.15) is 21.2 Å². The fourth-order valence-corrected chi connectivity index (χ4v) is 11.0. The van der Waals surface area contributed by atoms with Crippen molar-refractivity contribution in [1.29, 1.82) is 0 Å². The summed E-state index contributed by atoms with van der Waals surface area (Å²) < 4.78 is 14.3. The van der Waals surface area contributed by atoms with Gasteiger partial charge in [0.15, 0.2) is 0 Å². The first-order valence-electron chi connectivity index (χ1n) is 19.5. The second-order valence-corrected chi connectivity index (χ2v) is 18.3. The first-order chi connectivity index (χ1) is 27.0. The quantitative estimate of drug-likeness (QED) is 0.148. The Morgan fingerprint density at radius 2 is 1.45 bits per heavy atom. The number of nitrogens with zero attached hydrogens (tertiary/aromatic N) is 4. The third-order valence-corrected chi connectivity index (χ3v) is 14.4. The van der Waals surface area contributed by atoms with E-state index in [0.717, 1.165) is 87.9 Å². The molecular weight excluding hydrogens is 737 g/mol. The molecule has 4 aromatic heterocycles. The summed E-state index contributed by atoms with van der Waals surface area (Å²) in [5, 5.41) is 3.16. The highest BCUT2D eigenvalue weighted by Gasteiger charge is 2.44. The van der Waals surface area contributed by atoms with Gasteiger partial charge < -0.3 is 18.6 Å². The van der Waals surface area contributed by atoms with Crippen molar-refractivity contribution in [3.63, 3.8) is 0 Å². The van der Waals surface area contributed by atoms with Gasteiger partial charge in [-0.2, -0.15) is 0 Å². The maximum atomic E-state index is 13.7. The summed E-state index contributed by atoms with van der Waals surface area (Å²) in [5.74, 6) is 0. The standard InChI is InChI=1S/C46H42N4O4S2/c1-6-49(7-2)29-14-13-27-21-30(43(51)53-35(27)24-29)42-48-34-20-26(12-15-37(34)56-42)25-46(5)17-19-50-18-16-45(3,4)38-39(50)32(46)23-28-22-31(44(52)54-40(28)38)41-47-33-10-8-9-11-36(33)55-41/h8-15,20-24H,6-7,16-19,25H2,1-5H3/t46-/m1/s1. The molecule has 282 valence electrons. The van der Waals surface area contributed by atoms with Crippen LogP contribution < -0.4 is 21.1 Å². The van der Waals surface area contributed by atoms with Crippen molar-refractivity contribution >= 4 is 76.4 Å². The highest BCUT2D eigenvalue weighted by atomic mass is 32.1. The van der Waals surface area contributed by atoms with Crippen LogP contribution in [0, 0.1) is 0 Å². The van der Waals surface area contributed by atoms with Crippen molar-refractivity contribution in [2.45, 2.75) is 64.7 Å². The summed E-state index contributed by atoms with van der Waals surface area (Å²) in [7, 11) is 0. The number of fused-ring (bicyclic) bond motifs is 5. The van der Waals surface area contributed by atoms with Gasteiger partial charge in [-0.25, -0.2) is 19.6 Å². The first-order valence-corrected chi connectivity index (χ1v) is 21.1. The molecule has 0 unspecified atom stereocenters. The number of rotatable bonds is 7. The third kappa shape index (κ3) is 5.59. The van der Waals surface area contributed by atoms with E-state index in [1.165, 1.54) is 39.5 Å². The van der Waals surface area contributed by atoms with Crippen molar-refractivity contribution in [2.24, 2.45) is 0 Å². The van der Waals surface area contributed by atoms with E-state index < -0.39 is 0 Å². The zero-order valence-corrected chi connectivity index (χ0v) is 33.8. The average Bonchev–Trinajstić information content (AvgIpc) is 3.81. The summed E-state index contributed by atoms with van der Waals surface area (Å²) in [6.45, 7) is 14.8. The molecule has 0 radical (unpaired) electrons. The fourth-order valence-electron chi connectivity index (χ4n) is 9.07. The predicted octanol–water partition coefficient (Wildman–Crippen LogP) is 10.7. The highest BCUT2D eigenvalue weighted by molar-refractivity contribution is 7.22. The minimum absolute atomic E-state index is 0.176. The number of hydrogen-bond acceptors (Lipinski definition) is 10. The molecule has 8 nitrogen and oxygen atoms in total. The smallest absolute Gasteiger partial charge is 0.346 e. The van der Waals surface area contributed by atoms with Crippen LogP contribution >= 0.6 is 22.7 Å². The number of aromatic nitrogens is 2. The van der Waals surface area contributed by atoms with E-state index >= 15 is 0 Å². The Hall–Kier alpha value is -5.32. The molecule has 1 atom stereocenters. The summed E-state index contributed by atoms with van der Waals surface area (Å²) in [4.78, 5) is 41.6. The summed E-state index contributed by atoms with van der Waals surface area (Å²) in [6.07, 6.45) is 2.78. The largest absolute Gasteiger partial charge is 0.422 e. The Bertz CT molecular complexity index is 2970. The van der Waals surface area contributed by atoms with Gasteiger partial charge in [-0.15, -0.1) is 22.7 Å². The number of thiazole rings is 2. The molecule has 6 heterocycles. The van der Waals surface area contributed by atoms with Crippen LogP contribution in [-0.4, -0.2) is 36.1 Å². The van der Waals surface area contributed by atoms with Crippen molar-refractivity contribution in [3.05, 3.63) is 116 Å². The van der Waals surface area contributed by atoms with Gasteiger partial charge in [-0.1, -0.05) is 39.0 Å². The third-order valence-electron chi connectivity index (χ3n) is 12.2. The van der Waals surface area contributed by atoms with Crippen molar-refractivity contribution < 1.29 is 8.83 Å². The Kier molecular flexibility index (Phi) is 8.06. The normalized spacial score (nSPS) is 17.6. The molecular formula is C46H42N4O4S2. The molecule has 0 spiro atoms. The van der Waals surface area contributed by atoms with E-state index in [1.807, 2.05) is 48.5 Å². The Morgan fingerprint density at radius 1 is 0.750 bits per heavy atom. The number of benzene rings is 4. The lowest BCUT2D eigenvalue weighted by atomic mass is 9.66. The van der Waals surface area contributed by atoms with E-state index in [0.29, 0.717) is 32.3 Å². The average molecular weight is 779 g/mol. The van der Waals surface area contributed by atoms with Crippen LogP contribution in [0.5, 0.6) is 0 Å². The SMILES string of the molecule is CCN(CC)c1ccc2cc(-c3nc4cc(C[C@@]5(C)CCN6CCC(C)(C)c7c6c5cc5cc(-c6nc8ccccc8s6)c(=O)oc75)ccc4s3)c(=O)oc2c1. The van der Waals surface area contributed by atoms with Crippen molar-refractivity contribution in [1.82, 2.24) is 9.97 Å². The molecule has 4 aromatic carbocycles. The second-order valence-electron chi connectivity index (χ2n) is 16.3. The van der Waals surface area contributed by atoms with Gasteiger partial charge in [-0.05, 0) is 104 Å². The Labute approximate surface area is 332 Å². The van der Waals surface area contributed by atoms with Gasteiger partial charge in [0.25, 0.3) is 0 Å². The van der Waals surface area contributed by atoms with Gasteiger partial charge in [-0.3, -0.25) is 0 Å². The summed E-state index contributed by atoms with van der Waals surface area (Å²) in [6, 6.07) is 26.8. The van der Waals surface area contributed by atoms with E-state index in [-0.39, 0.29) is 22.1 Å². The maximum Gasteiger partial charge on any atom is 0.346 e. The number of para-hydroxylation sites is 1. The first kappa shape index (κ1) is 35.1. The summed E-state index contributed by atoms with van der Waals surface area (Å²) in [5.41, 5.74) is 8.82. The van der Waals surface area contributed by atoms with Crippen molar-refractivity contribution in [2.75, 3.05) is 36.0 Å². The molecule has 2 aliphatic rings. The van der Waals surface area contributed by atoms with Crippen LogP contribution in [0.15, 0.2) is 97.3 Å². The molecule has 0 N–H and O–H groups in total.